The van der Waals surface area contributed by atoms with E-state index in [1.165, 1.54) is 17.9 Å². The maximum atomic E-state index is 14.3. The van der Waals surface area contributed by atoms with E-state index >= 15 is 0 Å². The zero-order chi connectivity index (χ0) is 18.4. The molecule has 3 fully saturated rings. The molecule has 0 N–H and O–H groups in total. The van der Waals surface area contributed by atoms with Crippen LogP contribution in [0.2, 0.25) is 0 Å². The second-order valence-electron chi connectivity index (χ2n) is 7.34. The third-order valence-electron chi connectivity index (χ3n) is 5.74. The smallest absolute Gasteiger partial charge is 0.257 e. The van der Waals surface area contributed by atoms with Gasteiger partial charge in [0.15, 0.2) is 0 Å². The average Bonchev–Trinajstić information content (AvgIpc) is 3.33. The molecule has 140 valence electrons. The van der Waals surface area contributed by atoms with Crippen molar-refractivity contribution >= 4 is 11.8 Å². The van der Waals surface area contributed by atoms with Crippen LogP contribution in [0.1, 0.15) is 41.6 Å². The standard InChI is InChI=1S/C19H22F2N2O3/c1-11-8-12(14(21)9-13(11)20)18(24)23-15-4-7-26-17(15)10-16(23)19(25)22-5-2-3-6-22/h8-9,15-17H,2-7,10H2,1H3/t15-,16-,17-/m0/s1. The molecule has 5 nitrogen and oxygen atoms in total. The van der Waals surface area contributed by atoms with E-state index in [1.807, 2.05) is 0 Å². The average molecular weight is 364 g/mol. The lowest BCUT2D eigenvalue weighted by Crippen LogP contribution is -2.50. The van der Waals surface area contributed by atoms with E-state index in [0.717, 1.165) is 18.9 Å². The summed E-state index contributed by atoms with van der Waals surface area (Å²) in [5, 5.41) is 0. The first kappa shape index (κ1) is 17.4. The molecule has 0 aliphatic carbocycles. The van der Waals surface area contributed by atoms with Crippen LogP contribution < -0.4 is 0 Å². The van der Waals surface area contributed by atoms with Gasteiger partial charge in [0.25, 0.3) is 5.91 Å². The number of rotatable bonds is 2. The van der Waals surface area contributed by atoms with Gasteiger partial charge >= 0.3 is 0 Å². The van der Waals surface area contributed by atoms with Crippen LogP contribution in [0.15, 0.2) is 12.1 Å². The molecule has 0 saturated carbocycles. The number of carbonyl (C=O) groups excluding carboxylic acids is 2. The minimum absolute atomic E-state index is 0.0897. The number of hydrogen-bond donors (Lipinski definition) is 0. The second kappa shape index (κ2) is 6.61. The van der Waals surface area contributed by atoms with Crippen LogP contribution in [-0.4, -0.2) is 59.5 Å². The number of ether oxygens (including phenoxy) is 1. The van der Waals surface area contributed by atoms with E-state index in [0.29, 0.717) is 32.5 Å². The Bertz CT molecular complexity index is 749. The van der Waals surface area contributed by atoms with E-state index in [4.69, 9.17) is 4.74 Å². The molecule has 0 bridgehead atoms. The lowest BCUT2D eigenvalue weighted by atomic mass is 10.1. The van der Waals surface area contributed by atoms with Crippen molar-refractivity contribution in [3.63, 3.8) is 0 Å². The Kier molecular flexibility index (Phi) is 4.42. The molecule has 3 atom stereocenters. The lowest BCUT2D eigenvalue weighted by molar-refractivity contribution is -0.134. The molecular weight excluding hydrogens is 342 g/mol. The first-order valence-corrected chi connectivity index (χ1v) is 9.16. The Morgan fingerprint density at radius 1 is 1.15 bits per heavy atom. The predicted molar refractivity (Wildman–Crippen MR) is 89.6 cm³/mol. The van der Waals surface area contributed by atoms with Gasteiger partial charge in [0.05, 0.1) is 17.7 Å². The molecule has 7 heteroatoms. The summed E-state index contributed by atoms with van der Waals surface area (Å²) in [6, 6.07) is 1.09. The highest BCUT2D eigenvalue weighted by Crippen LogP contribution is 2.36. The van der Waals surface area contributed by atoms with Gasteiger partial charge in [-0.15, -0.1) is 0 Å². The minimum Gasteiger partial charge on any atom is -0.376 e. The topological polar surface area (TPSA) is 49.9 Å². The lowest BCUT2D eigenvalue weighted by Gasteiger charge is -2.31. The molecule has 3 aliphatic heterocycles. The number of halogens is 2. The molecular formula is C19H22F2N2O3. The van der Waals surface area contributed by atoms with Crippen molar-refractivity contribution < 1.29 is 23.1 Å². The second-order valence-corrected chi connectivity index (χ2v) is 7.34. The molecule has 3 aliphatic rings. The fourth-order valence-corrected chi connectivity index (χ4v) is 4.37. The summed E-state index contributed by atoms with van der Waals surface area (Å²) in [5.74, 6) is -2.23. The van der Waals surface area contributed by atoms with Crippen LogP contribution in [0.5, 0.6) is 0 Å². The maximum Gasteiger partial charge on any atom is 0.257 e. The van der Waals surface area contributed by atoms with Crippen molar-refractivity contribution in [1.29, 1.82) is 0 Å². The molecule has 2 amide bonds. The fraction of sp³-hybridized carbons (Fsp3) is 0.579. The third kappa shape index (κ3) is 2.78. The maximum absolute atomic E-state index is 14.3. The Labute approximate surface area is 150 Å². The Morgan fingerprint density at radius 2 is 1.88 bits per heavy atom. The number of benzene rings is 1. The third-order valence-corrected chi connectivity index (χ3v) is 5.74. The van der Waals surface area contributed by atoms with Crippen molar-refractivity contribution in [2.45, 2.75) is 50.8 Å². The number of amides is 2. The molecule has 1 aromatic rings. The summed E-state index contributed by atoms with van der Waals surface area (Å²) in [6.45, 7) is 3.40. The highest BCUT2D eigenvalue weighted by Gasteiger charge is 2.51. The van der Waals surface area contributed by atoms with E-state index < -0.39 is 23.6 Å². The van der Waals surface area contributed by atoms with Crippen LogP contribution in [-0.2, 0) is 9.53 Å². The monoisotopic (exact) mass is 364 g/mol. The molecule has 3 heterocycles. The molecule has 0 aromatic heterocycles. The molecule has 1 aromatic carbocycles. The van der Waals surface area contributed by atoms with Gasteiger partial charge in [-0.1, -0.05) is 0 Å². The Morgan fingerprint density at radius 3 is 2.62 bits per heavy atom. The van der Waals surface area contributed by atoms with Crippen LogP contribution in [0, 0.1) is 18.6 Å². The predicted octanol–water partition coefficient (Wildman–Crippen LogP) is 2.27. The van der Waals surface area contributed by atoms with E-state index in [1.54, 1.807) is 4.90 Å². The van der Waals surface area contributed by atoms with Crippen LogP contribution >= 0.6 is 0 Å². The van der Waals surface area contributed by atoms with E-state index in [-0.39, 0.29) is 29.2 Å². The number of fused-ring (bicyclic) bond motifs is 1. The number of hydrogen-bond acceptors (Lipinski definition) is 3. The number of nitrogens with zero attached hydrogens (tertiary/aromatic N) is 2. The zero-order valence-corrected chi connectivity index (χ0v) is 14.7. The van der Waals surface area contributed by atoms with Gasteiger partial charge in [-0.05, 0) is 37.8 Å². The summed E-state index contributed by atoms with van der Waals surface area (Å²) in [7, 11) is 0. The molecule has 0 spiro atoms. The first-order chi connectivity index (χ1) is 12.5. The van der Waals surface area contributed by atoms with Crippen molar-refractivity contribution in [1.82, 2.24) is 9.80 Å². The summed E-state index contributed by atoms with van der Waals surface area (Å²) in [4.78, 5) is 29.4. The number of likely N-dealkylation sites (tertiary alicyclic amines) is 2. The summed E-state index contributed by atoms with van der Waals surface area (Å²) in [6.07, 6.45) is 2.79. The van der Waals surface area contributed by atoms with Crippen molar-refractivity contribution in [2.24, 2.45) is 0 Å². The van der Waals surface area contributed by atoms with Gasteiger partial charge in [0.1, 0.15) is 17.7 Å². The molecule has 0 unspecified atom stereocenters. The van der Waals surface area contributed by atoms with Crippen molar-refractivity contribution in [3.05, 3.63) is 34.9 Å². The molecule has 4 rings (SSSR count). The SMILES string of the molecule is Cc1cc(C(=O)N2[C@H](C(=O)N3CCCC3)C[C@@H]3OCC[C@@H]32)c(F)cc1F. The number of aryl methyl sites for hydroxylation is 1. The molecule has 0 radical (unpaired) electrons. The fourth-order valence-electron chi connectivity index (χ4n) is 4.37. The summed E-state index contributed by atoms with van der Waals surface area (Å²) >= 11 is 0. The first-order valence-electron chi connectivity index (χ1n) is 9.16. The van der Waals surface area contributed by atoms with Gasteiger partial charge in [0, 0.05) is 32.2 Å². The molecule has 3 saturated heterocycles. The normalized spacial score (nSPS) is 27.9. The summed E-state index contributed by atoms with van der Waals surface area (Å²) < 4.78 is 33.6. The minimum atomic E-state index is -0.896. The van der Waals surface area contributed by atoms with Crippen LogP contribution in [0.25, 0.3) is 0 Å². The molecule has 26 heavy (non-hydrogen) atoms. The number of carbonyl (C=O) groups is 2. The van der Waals surface area contributed by atoms with Gasteiger partial charge < -0.3 is 14.5 Å². The Hall–Kier alpha value is -2.02. The van der Waals surface area contributed by atoms with Gasteiger partial charge in [-0.25, -0.2) is 8.78 Å². The van der Waals surface area contributed by atoms with Crippen LogP contribution in [0.4, 0.5) is 8.78 Å². The van der Waals surface area contributed by atoms with Gasteiger partial charge in [-0.3, -0.25) is 9.59 Å². The van der Waals surface area contributed by atoms with Crippen molar-refractivity contribution in [2.75, 3.05) is 19.7 Å². The Balaban J connectivity index is 1.67. The zero-order valence-electron chi connectivity index (χ0n) is 14.7. The van der Waals surface area contributed by atoms with Gasteiger partial charge in [-0.2, -0.15) is 0 Å². The van der Waals surface area contributed by atoms with E-state index in [2.05, 4.69) is 0 Å². The largest absolute Gasteiger partial charge is 0.376 e. The van der Waals surface area contributed by atoms with Crippen LogP contribution in [0.3, 0.4) is 0 Å². The quantitative estimate of drug-likeness (QED) is 0.809. The van der Waals surface area contributed by atoms with E-state index in [9.17, 15) is 18.4 Å². The highest BCUT2D eigenvalue weighted by atomic mass is 19.1. The highest BCUT2D eigenvalue weighted by molar-refractivity contribution is 5.98. The van der Waals surface area contributed by atoms with Gasteiger partial charge in [0.2, 0.25) is 5.91 Å². The summed E-state index contributed by atoms with van der Waals surface area (Å²) in [5.41, 5.74) is 0.0197. The van der Waals surface area contributed by atoms with Crippen molar-refractivity contribution in [3.8, 4) is 0 Å².